The first-order chi connectivity index (χ1) is 20.7. The number of carbonyl (C=O) groups excluding carboxylic acids is 3. The zero-order valence-electron chi connectivity index (χ0n) is 24.8. The number of carbonyl (C=O) groups is 3. The van der Waals surface area contributed by atoms with Crippen LogP contribution >= 0.6 is 11.6 Å². The summed E-state index contributed by atoms with van der Waals surface area (Å²) in [5, 5.41) is 9.90. The Kier molecular flexibility index (Phi) is 8.84. The van der Waals surface area contributed by atoms with Crippen LogP contribution in [0.15, 0.2) is 79.9 Å². The summed E-state index contributed by atoms with van der Waals surface area (Å²) in [5.74, 6) is -2.59. The number of fused-ring (bicyclic) bond motifs is 1. The van der Waals surface area contributed by atoms with Gasteiger partial charge in [-0.05, 0) is 56.4 Å². The Morgan fingerprint density at radius 2 is 1.70 bits per heavy atom. The molecule has 1 N–H and O–H groups in total. The van der Waals surface area contributed by atoms with E-state index in [1.54, 1.807) is 51.1 Å². The number of hydrogen-bond acceptors (Lipinski definition) is 5. The SMILES string of the molecule is C=CCN(C(=O)[C@@H]1[C@H]2C(=O)N(CCCCO)C(C(=O)N(CC=C)c3ccccc3Cl)C23CC(C)[C@@]1(C)O3)c1ccccc1. The molecule has 43 heavy (non-hydrogen) atoms. The highest BCUT2D eigenvalue weighted by molar-refractivity contribution is 6.34. The Morgan fingerprint density at radius 1 is 1.05 bits per heavy atom. The molecule has 228 valence electrons. The second-order valence-electron chi connectivity index (χ2n) is 11.9. The molecule has 2 aromatic carbocycles. The smallest absolute Gasteiger partial charge is 0.253 e. The molecule has 0 radical (unpaired) electrons. The fraction of sp³-hybridized carbons (Fsp3) is 0.441. The van der Waals surface area contributed by atoms with E-state index in [0.717, 1.165) is 0 Å². The van der Waals surface area contributed by atoms with E-state index in [4.69, 9.17) is 16.3 Å². The largest absolute Gasteiger partial charge is 0.396 e. The van der Waals surface area contributed by atoms with Crippen LogP contribution in [0.4, 0.5) is 11.4 Å². The number of aliphatic hydroxyl groups excluding tert-OH is 1. The van der Waals surface area contributed by atoms with Gasteiger partial charge in [-0.2, -0.15) is 0 Å². The molecule has 3 unspecified atom stereocenters. The van der Waals surface area contributed by atoms with E-state index in [-0.39, 0.29) is 49.9 Å². The molecule has 0 aromatic heterocycles. The van der Waals surface area contributed by atoms with Crippen molar-refractivity contribution in [2.75, 3.05) is 36.0 Å². The number of hydrogen-bond donors (Lipinski definition) is 1. The third kappa shape index (κ3) is 4.99. The molecule has 3 heterocycles. The summed E-state index contributed by atoms with van der Waals surface area (Å²) >= 11 is 6.57. The molecule has 6 atom stereocenters. The third-order valence-electron chi connectivity index (χ3n) is 9.49. The van der Waals surface area contributed by atoms with Crippen molar-refractivity contribution in [3.8, 4) is 0 Å². The molecular formula is C34H40ClN3O5. The predicted molar refractivity (Wildman–Crippen MR) is 168 cm³/mol. The molecule has 5 rings (SSSR count). The van der Waals surface area contributed by atoms with E-state index in [2.05, 4.69) is 13.2 Å². The van der Waals surface area contributed by atoms with Crippen LogP contribution in [0.3, 0.4) is 0 Å². The minimum absolute atomic E-state index is 0.0300. The molecule has 3 saturated heterocycles. The Labute approximate surface area is 258 Å². The number of aliphatic hydroxyl groups is 1. The molecule has 3 aliphatic rings. The van der Waals surface area contributed by atoms with Crippen LogP contribution in [-0.2, 0) is 19.1 Å². The van der Waals surface area contributed by atoms with E-state index < -0.39 is 29.1 Å². The van der Waals surface area contributed by atoms with E-state index in [1.807, 2.05) is 44.2 Å². The zero-order valence-corrected chi connectivity index (χ0v) is 25.6. The number of halogens is 1. The number of nitrogens with zero attached hydrogens (tertiary/aromatic N) is 3. The zero-order chi connectivity index (χ0) is 30.9. The van der Waals surface area contributed by atoms with Gasteiger partial charge in [-0.1, -0.05) is 61.0 Å². The number of anilines is 2. The monoisotopic (exact) mass is 605 g/mol. The van der Waals surface area contributed by atoms with Gasteiger partial charge in [0.15, 0.2) is 0 Å². The molecule has 2 bridgehead atoms. The first-order valence-corrected chi connectivity index (χ1v) is 15.3. The van der Waals surface area contributed by atoms with Crippen molar-refractivity contribution in [3.05, 3.63) is 84.9 Å². The molecule has 3 fully saturated rings. The Morgan fingerprint density at radius 3 is 2.35 bits per heavy atom. The highest BCUT2D eigenvalue weighted by atomic mass is 35.5. The normalized spacial score (nSPS) is 28.9. The van der Waals surface area contributed by atoms with Gasteiger partial charge in [-0.15, -0.1) is 13.2 Å². The van der Waals surface area contributed by atoms with Gasteiger partial charge < -0.3 is 24.5 Å². The van der Waals surface area contributed by atoms with Crippen molar-refractivity contribution in [1.82, 2.24) is 4.90 Å². The number of unbranched alkanes of at least 4 members (excludes halogenated alkanes) is 1. The molecule has 1 spiro atoms. The average molecular weight is 606 g/mol. The van der Waals surface area contributed by atoms with Crippen LogP contribution in [0.5, 0.6) is 0 Å². The van der Waals surface area contributed by atoms with Crippen molar-refractivity contribution < 1.29 is 24.2 Å². The molecule has 0 aliphatic carbocycles. The summed E-state index contributed by atoms with van der Waals surface area (Å²) < 4.78 is 6.93. The molecular weight excluding hydrogens is 566 g/mol. The van der Waals surface area contributed by atoms with Gasteiger partial charge in [0.05, 0.1) is 28.1 Å². The van der Waals surface area contributed by atoms with Gasteiger partial charge in [0.1, 0.15) is 11.6 Å². The van der Waals surface area contributed by atoms with Gasteiger partial charge in [0.2, 0.25) is 11.8 Å². The number of benzene rings is 2. The maximum atomic E-state index is 14.7. The van der Waals surface area contributed by atoms with E-state index in [9.17, 15) is 19.5 Å². The average Bonchev–Trinajstić information content (AvgIpc) is 3.51. The summed E-state index contributed by atoms with van der Waals surface area (Å²) in [7, 11) is 0. The number of amides is 3. The lowest BCUT2D eigenvalue weighted by atomic mass is 9.62. The number of rotatable bonds is 12. The third-order valence-corrected chi connectivity index (χ3v) is 9.81. The topological polar surface area (TPSA) is 90.4 Å². The summed E-state index contributed by atoms with van der Waals surface area (Å²) in [5.41, 5.74) is -0.958. The number of para-hydroxylation sites is 2. The highest BCUT2D eigenvalue weighted by Crippen LogP contribution is 2.65. The minimum atomic E-state index is -1.21. The van der Waals surface area contributed by atoms with Crippen LogP contribution in [0.25, 0.3) is 0 Å². The van der Waals surface area contributed by atoms with Gasteiger partial charge in [-0.25, -0.2) is 0 Å². The lowest BCUT2D eigenvalue weighted by Gasteiger charge is -2.39. The van der Waals surface area contributed by atoms with Gasteiger partial charge in [-0.3, -0.25) is 14.4 Å². The molecule has 8 nitrogen and oxygen atoms in total. The summed E-state index contributed by atoms with van der Waals surface area (Å²) in [6, 6.07) is 15.4. The van der Waals surface area contributed by atoms with Gasteiger partial charge in [0, 0.05) is 31.9 Å². The van der Waals surface area contributed by atoms with E-state index >= 15 is 0 Å². The number of likely N-dealkylation sites (tertiary alicyclic amines) is 1. The van der Waals surface area contributed by atoms with Crippen molar-refractivity contribution in [1.29, 1.82) is 0 Å². The summed E-state index contributed by atoms with van der Waals surface area (Å²) in [6.45, 7) is 12.3. The van der Waals surface area contributed by atoms with Crippen LogP contribution < -0.4 is 9.80 Å². The van der Waals surface area contributed by atoms with Gasteiger partial charge in [0.25, 0.3) is 5.91 Å². The molecule has 3 amide bonds. The van der Waals surface area contributed by atoms with E-state index in [1.165, 1.54) is 0 Å². The summed E-state index contributed by atoms with van der Waals surface area (Å²) in [4.78, 5) is 48.6. The lowest BCUT2D eigenvalue weighted by molar-refractivity contribution is -0.145. The van der Waals surface area contributed by atoms with Crippen molar-refractivity contribution in [2.24, 2.45) is 17.8 Å². The Bertz CT molecular complexity index is 1400. The van der Waals surface area contributed by atoms with Crippen molar-refractivity contribution in [3.63, 3.8) is 0 Å². The maximum Gasteiger partial charge on any atom is 0.253 e. The fourth-order valence-corrected chi connectivity index (χ4v) is 7.75. The fourth-order valence-electron chi connectivity index (χ4n) is 7.51. The molecule has 3 aliphatic heterocycles. The van der Waals surface area contributed by atoms with Crippen molar-refractivity contribution in [2.45, 2.75) is 50.4 Å². The first-order valence-electron chi connectivity index (χ1n) is 14.9. The predicted octanol–water partition coefficient (Wildman–Crippen LogP) is 4.86. The molecule has 2 aromatic rings. The number of ether oxygens (including phenoxy) is 1. The summed E-state index contributed by atoms with van der Waals surface area (Å²) in [6.07, 6.45) is 4.72. The van der Waals surface area contributed by atoms with Crippen LogP contribution in [0.2, 0.25) is 5.02 Å². The standard InChI is InChI=1S/C34H40ClN3O5/c1-5-18-36(24-14-8-7-9-15-24)30(40)27-28-31(41)38(20-12-13-21-39)29(34(28)22-23(3)33(27,4)43-34)32(42)37(19-6-2)26-17-11-10-16-25(26)35/h5-11,14-17,23,27-29,39H,1-2,12-13,18-22H2,3-4H3/t23?,27-,28-,29?,33+,34?/m0/s1. The lowest BCUT2D eigenvalue weighted by Crippen LogP contribution is -2.57. The van der Waals surface area contributed by atoms with Crippen LogP contribution in [0, 0.1) is 17.8 Å². The minimum Gasteiger partial charge on any atom is -0.396 e. The van der Waals surface area contributed by atoms with Gasteiger partial charge >= 0.3 is 0 Å². The molecule has 9 heteroatoms. The molecule has 0 saturated carbocycles. The maximum absolute atomic E-state index is 14.7. The van der Waals surface area contributed by atoms with E-state index in [0.29, 0.717) is 35.7 Å². The quantitative estimate of drug-likeness (QED) is 0.276. The van der Waals surface area contributed by atoms with Crippen molar-refractivity contribution >= 4 is 40.7 Å². The highest BCUT2D eigenvalue weighted by Gasteiger charge is 2.80. The second kappa shape index (κ2) is 12.3. The second-order valence-corrected chi connectivity index (χ2v) is 12.3. The Balaban J connectivity index is 1.62. The van der Waals surface area contributed by atoms with Crippen LogP contribution in [-0.4, -0.2) is 71.2 Å². The Hall–Kier alpha value is -3.46. The van der Waals surface area contributed by atoms with Crippen LogP contribution in [0.1, 0.15) is 33.1 Å². The first kappa shape index (κ1) is 31.0.